The number of aliphatic hydroxyl groups excluding tert-OH is 1. The minimum atomic E-state index is -0.269. The fourth-order valence-electron chi connectivity index (χ4n) is 5.43. The van der Waals surface area contributed by atoms with Crippen LogP contribution in [0.3, 0.4) is 0 Å². The molecule has 7 heteroatoms. The van der Waals surface area contributed by atoms with Gasteiger partial charge in [0, 0.05) is 63.7 Å². The second-order valence-corrected chi connectivity index (χ2v) is 11.3. The lowest BCUT2D eigenvalue weighted by Crippen LogP contribution is -2.50. The minimum Gasteiger partial charge on any atom is -0.392 e. The summed E-state index contributed by atoms with van der Waals surface area (Å²) in [4.78, 5) is 41.1. The lowest BCUT2D eigenvalue weighted by molar-refractivity contribution is -0.138. The van der Waals surface area contributed by atoms with Crippen molar-refractivity contribution in [1.29, 1.82) is 0 Å². The third-order valence-electron chi connectivity index (χ3n) is 7.80. The van der Waals surface area contributed by atoms with Crippen molar-refractivity contribution in [2.45, 2.75) is 77.9 Å². The Balaban J connectivity index is 0.000000198. The number of carbonyl (C=O) groups is 3. The van der Waals surface area contributed by atoms with E-state index in [0.717, 1.165) is 30.9 Å². The Bertz CT molecular complexity index is 921. The Morgan fingerprint density at radius 3 is 2.43 bits per heavy atom. The van der Waals surface area contributed by atoms with Crippen LogP contribution in [-0.4, -0.2) is 77.9 Å². The van der Waals surface area contributed by atoms with E-state index in [1.54, 1.807) is 44.2 Å². The first kappa shape index (κ1) is 27.2. The highest BCUT2D eigenvalue weighted by molar-refractivity contribution is 6.04. The number of hydrogen-bond acceptors (Lipinski definition) is 4. The van der Waals surface area contributed by atoms with Gasteiger partial charge >= 0.3 is 0 Å². The zero-order chi connectivity index (χ0) is 25.8. The summed E-state index contributed by atoms with van der Waals surface area (Å²) in [7, 11) is 5.16. The van der Waals surface area contributed by atoms with Crippen molar-refractivity contribution < 1.29 is 19.5 Å². The van der Waals surface area contributed by atoms with E-state index in [1.807, 2.05) is 4.90 Å². The Morgan fingerprint density at radius 1 is 1.11 bits per heavy atom. The summed E-state index contributed by atoms with van der Waals surface area (Å²) in [6, 6.07) is 5.30. The van der Waals surface area contributed by atoms with Crippen molar-refractivity contribution in [3.05, 3.63) is 34.9 Å². The summed E-state index contributed by atoms with van der Waals surface area (Å²) < 4.78 is 0. The third-order valence-corrected chi connectivity index (χ3v) is 7.80. The number of amides is 3. The van der Waals surface area contributed by atoms with Crippen molar-refractivity contribution in [2.75, 3.05) is 34.2 Å². The van der Waals surface area contributed by atoms with Gasteiger partial charge in [-0.1, -0.05) is 52.0 Å². The summed E-state index contributed by atoms with van der Waals surface area (Å²) in [5.74, 6) is 1.01. The van der Waals surface area contributed by atoms with Crippen LogP contribution in [-0.2, 0) is 11.3 Å². The Hall–Kier alpha value is -2.41. The van der Waals surface area contributed by atoms with Gasteiger partial charge in [0.05, 0.1) is 6.10 Å². The molecule has 3 aliphatic rings. The van der Waals surface area contributed by atoms with Gasteiger partial charge in [-0.25, -0.2) is 0 Å². The molecule has 1 saturated heterocycles. The van der Waals surface area contributed by atoms with Gasteiger partial charge in [-0.15, -0.1) is 0 Å². The maximum absolute atomic E-state index is 12.3. The largest absolute Gasteiger partial charge is 0.392 e. The number of piperidine rings is 1. The number of hydrogen-bond donors (Lipinski definition) is 1. The van der Waals surface area contributed by atoms with E-state index < -0.39 is 0 Å². The van der Waals surface area contributed by atoms with Gasteiger partial charge in [0.2, 0.25) is 5.91 Å². The van der Waals surface area contributed by atoms with Gasteiger partial charge in [0.25, 0.3) is 11.8 Å². The normalized spacial score (nSPS) is 21.8. The van der Waals surface area contributed by atoms with Crippen molar-refractivity contribution >= 4 is 17.7 Å². The van der Waals surface area contributed by atoms with E-state index >= 15 is 0 Å². The molecular formula is C28H43N3O4. The van der Waals surface area contributed by atoms with Crippen LogP contribution in [0.15, 0.2) is 18.2 Å². The smallest absolute Gasteiger partial charge is 0.254 e. The van der Waals surface area contributed by atoms with Crippen LogP contribution in [0.1, 0.15) is 91.5 Å². The first-order valence-corrected chi connectivity index (χ1v) is 13.1. The Labute approximate surface area is 210 Å². The predicted octanol–water partition coefficient (Wildman–Crippen LogP) is 3.94. The molecule has 2 aliphatic heterocycles. The van der Waals surface area contributed by atoms with E-state index in [2.05, 4.69) is 13.8 Å². The van der Waals surface area contributed by atoms with Crippen LogP contribution in [0.4, 0.5) is 0 Å². The highest BCUT2D eigenvalue weighted by Crippen LogP contribution is 2.31. The van der Waals surface area contributed by atoms with Crippen LogP contribution < -0.4 is 0 Å². The Kier molecular flexibility index (Phi) is 8.97. The van der Waals surface area contributed by atoms with Crippen molar-refractivity contribution in [3.63, 3.8) is 0 Å². The molecule has 1 atom stereocenters. The second-order valence-electron chi connectivity index (χ2n) is 11.3. The van der Waals surface area contributed by atoms with Crippen LogP contribution in [0, 0.1) is 11.3 Å². The lowest BCUT2D eigenvalue weighted by Gasteiger charge is -2.42. The van der Waals surface area contributed by atoms with Gasteiger partial charge < -0.3 is 19.8 Å². The van der Waals surface area contributed by atoms with Crippen LogP contribution in [0.5, 0.6) is 0 Å². The molecule has 0 radical (unpaired) electrons. The number of benzene rings is 1. The van der Waals surface area contributed by atoms with E-state index in [9.17, 15) is 19.5 Å². The fourth-order valence-corrected chi connectivity index (χ4v) is 5.43. The average Bonchev–Trinajstić information content (AvgIpc) is 3.13. The number of aliphatic hydroxyl groups is 1. The monoisotopic (exact) mass is 485 g/mol. The third kappa shape index (κ3) is 6.63. The summed E-state index contributed by atoms with van der Waals surface area (Å²) >= 11 is 0. The predicted molar refractivity (Wildman–Crippen MR) is 137 cm³/mol. The first-order valence-electron chi connectivity index (χ1n) is 13.1. The molecule has 1 saturated carbocycles. The summed E-state index contributed by atoms with van der Waals surface area (Å²) in [6.07, 6.45) is 8.94. The van der Waals surface area contributed by atoms with E-state index in [1.165, 1.54) is 37.0 Å². The van der Waals surface area contributed by atoms with Gasteiger partial charge in [-0.05, 0) is 36.5 Å². The molecule has 1 N–H and O–H groups in total. The molecule has 2 fully saturated rings. The maximum Gasteiger partial charge on any atom is 0.254 e. The van der Waals surface area contributed by atoms with E-state index in [4.69, 9.17) is 0 Å². The lowest BCUT2D eigenvalue weighted by atomic mass is 9.81. The summed E-state index contributed by atoms with van der Waals surface area (Å²) in [5.41, 5.74) is 1.96. The number of rotatable bonds is 4. The number of carbonyl (C=O) groups excluding carboxylic acids is 3. The first-order chi connectivity index (χ1) is 16.5. The molecule has 35 heavy (non-hydrogen) atoms. The Morgan fingerprint density at radius 2 is 1.80 bits per heavy atom. The van der Waals surface area contributed by atoms with E-state index in [0.29, 0.717) is 36.5 Å². The number of nitrogens with zero attached hydrogens (tertiary/aromatic N) is 3. The average molecular weight is 486 g/mol. The molecule has 1 aliphatic carbocycles. The van der Waals surface area contributed by atoms with Crippen molar-refractivity contribution in [2.24, 2.45) is 11.3 Å². The molecule has 0 spiro atoms. The molecule has 0 aromatic heterocycles. The summed E-state index contributed by atoms with van der Waals surface area (Å²) in [6.45, 7) is 6.06. The van der Waals surface area contributed by atoms with Crippen molar-refractivity contribution in [1.82, 2.24) is 14.7 Å². The molecule has 3 amide bonds. The highest BCUT2D eigenvalue weighted by Gasteiger charge is 2.36. The zero-order valence-corrected chi connectivity index (χ0v) is 22.2. The molecule has 1 aromatic carbocycles. The van der Waals surface area contributed by atoms with Gasteiger partial charge in [0.15, 0.2) is 0 Å². The molecule has 1 aromatic rings. The molecule has 194 valence electrons. The van der Waals surface area contributed by atoms with Gasteiger partial charge in [0.1, 0.15) is 0 Å². The summed E-state index contributed by atoms with van der Waals surface area (Å²) in [5, 5.41) is 9.93. The molecule has 4 rings (SSSR count). The minimum absolute atomic E-state index is 0.0107. The number of fused-ring (bicyclic) bond motifs is 1. The maximum atomic E-state index is 12.3. The molecular weight excluding hydrogens is 442 g/mol. The molecule has 7 nitrogen and oxygen atoms in total. The molecule has 1 unspecified atom stereocenters. The topological polar surface area (TPSA) is 81.2 Å². The highest BCUT2D eigenvalue weighted by atomic mass is 16.3. The van der Waals surface area contributed by atoms with Crippen LogP contribution in [0.2, 0.25) is 0 Å². The van der Waals surface area contributed by atoms with Crippen LogP contribution >= 0.6 is 0 Å². The number of likely N-dealkylation sites (tertiary alicyclic amines) is 1. The standard InChI is InChI=1S/C16H29NO2.C12H14N2O2/c1-16(2)12-17(11-10-14(16)18)15(19)9-8-13-6-4-3-5-7-13;1-13(2)11(15)8-5-4-6-9-10(8)7-14(3)12(9)16/h13-14,18H,3-12H2,1-2H3;4-6H,7H2,1-3H3. The van der Waals surface area contributed by atoms with Crippen molar-refractivity contribution in [3.8, 4) is 0 Å². The van der Waals surface area contributed by atoms with E-state index in [-0.39, 0.29) is 23.3 Å². The second kappa shape index (κ2) is 11.5. The van der Waals surface area contributed by atoms with Gasteiger partial charge in [-0.2, -0.15) is 0 Å². The van der Waals surface area contributed by atoms with Gasteiger partial charge in [-0.3, -0.25) is 14.4 Å². The fraction of sp³-hybridized carbons (Fsp3) is 0.679. The molecule has 0 bridgehead atoms. The zero-order valence-electron chi connectivity index (χ0n) is 22.2. The quantitative estimate of drug-likeness (QED) is 0.700. The molecule has 2 heterocycles. The van der Waals surface area contributed by atoms with Crippen LogP contribution in [0.25, 0.3) is 0 Å². The SMILES string of the molecule is CC1(C)CN(C(=O)CCC2CCCCC2)CCC1O.CN(C)C(=O)c1cccc2c1CN(C)C2=O.